The maximum Gasteiger partial charge on any atom is 0.247 e. The lowest BCUT2D eigenvalue weighted by Gasteiger charge is -2.23. The Bertz CT molecular complexity index is 525. The number of carbonyl (C=O) groups is 1. The van der Waals surface area contributed by atoms with E-state index in [-0.39, 0.29) is 5.91 Å². The molecular formula is C17H24N2O2. The molecule has 1 heterocycles. The topological polar surface area (TPSA) is 41.6 Å². The summed E-state index contributed by atoms with van der Waals surface area (Å²) in [6.07, 6.45) is 3.91. The predicted molar refractivity (Wildman–Crippen MR) is 85.3 cm³/mol. The molecule has 0 aliphatic carbocycles. The van der Waals surface area contributed by atoms with Gasteiger partial charge in [0.05, 0.1) is 7.11 Å². The van der Waals surface area contributed by atoms with E-state index in [0.29, 0.717) is 6.04 Å². The molecular weight excluding hydrogens is 264 g/mol. The van der Waals surface area contributed by atoms with Crippen LogP contribution in [-0.2, 0) is 4.79 Å². The lowest BCUT2D eigenvalue weighted by molar-refractivity contribution is -0.126. The first-order valence-corrected chi connectivity index (χ1v) is 7.43. The standard InChI is InChI=1S/C17H24N2O2/c1-13(14-6-4-8-16(11-14)21-3)10-17(20)19-9-5-7-15(19)12-18-2/h4,6,8,10-11,15,18H,5,7,9,12H2,1-3H3/b13-10-. The molecule has 0 bridgehead atoms. The van der Waals surface area contributed by atoms with Crippen molar-refractivity contribution in [1.29, 1.82) is 0 Å². The van der Waals surface area contributed by atoms with Crippen molar-refractivity contribution >= 4 is 11.5 Å². The maximum absolute atomic E-state index is 12.5. The van der Waals surface area contributed by atoms with Crippen molar-refractivity contribution in [2.45, 2.75) is 25.8 Å². The lowest BCUT2D eigenvalue weighted by Crippen LogP contribution is -2.40. The Hall–Kier alpha value is -1.81. The molecule has 114 valence electrons. The van der Waals surface area contributed by atoms with Crippen LogP contribution in [0.2, 0.25) is 0 Å². The fourth-order valence-electron chi connectivity index (χ4n) is 2.79. The van der Waals surface area contributed by atoms with Gasteiger partial charge in [0.1, 0.15) is 5.75 Å². The summed E-state index contributed by atoms with van der Waals surface area (Å²) in [5, 5.41) is 3.16. The molecule has 4 nitrogen and oxygen atoms in total. The second kappa shape index (κ2) is 7.27. The lowest BCUT2D eigenvalue weighted by atomic mass is 10.1. The third-order valence-corrected chi connectivity index (χ3v) is 3.97. The van der Waals surface area contributed by atoms with Gasteiger partial charge in [-0.05, 0) is 50.1 Å². The molecule has 0 radical (unpaired) electrons. The number of rotatable bonds is 5. The van der Waals surface area contributed by atoms with Crippen molar-refractivity contribution in [3.63, 3.8) is 0 Å². The largest absolute Gasteiger partial charge is 0.497 e. The van der Waals surface area contributed by atoms with Crippen LogP contribution >= 0.6 is 0 Å². The Morgan fingerprint density at radius 1 is 1.52 bits per heavy atom. The molecule has 1 aliphatic rings. The minimum absolute atomic E-state index is 0.105. The van der Waals surface area contributed by atoms with E-state index in [0.717, 1.165) is 42.8 Å². The van der Waals surface area contributed by atoms with Gasteiger partial charge >= 0.3 is 0 Å². The summed E-state index contributed by atoms with van der Waals surface area (Å²) in [7, 11) is 3.58. The Morgan fingerprint density at radius 2 is 2.33 bits per heavy atom. The Kier molecular flexibility index (Phi) is 5.39. The van der Waals surface area contributed by atoms with Crippen LogP contribution in [0.3, 0.4) is 0 Å². The summed E-state index contributed by atoms with van der Waals surface area (Å²) < 4.78 is 5.23. The number of nitrogens with one attached hydrogen (secondary N) is 1. The van der Waals surface area contributed by atoms with Gasteiger partial charge in [-0.1, -0.05) is 12.1 Å². The predicted octanol–water partition coefficient (Wildman–Crippen LogP) is 2.31. The number of methoxy groups -OCH3 is 1. The van der Waals surface area contributed by atoms with Crippen LogP contribution in [0.25, 0.3) is 5.57 Å². The van der Waals surface area contributed by atoms with Crippen molar-refractivity contribution < 1.29 is 9.53 Å². The number of likely N-dealkylation sites (tertiary alicyclic amines) is 1. The monoisotopic (exact) mass is 288 g/mol. The molecule has 1 fully saturated rings. The van der Waals surface area contributed by atoms with Crippen molar-refractivity contribution in [3.8, 4) is 5.75 Å². The summed E-state index contributed by atoms with van der Waals surface area (Å²) in [6, 6.07) is 8.11. The number of nitrogens with zero attached hydrogens (tertiary/aromatic N) is 1. The Balaban J connectivity index is 2.12. The highest BCUT2D eigenvalue weighted by atomic mass is 16.5. The molecule has 2 rings (SSSR count). The van der Waals surface area contributed by atoms with Crippen molar-refractivity contribution in [2.24, 2.45) is 0 Å². The zero-order valence-electron chi connectivity index (χ0n) is 13.1. The summed E-state index contributed by atoms with van der Waals surface area (Å²) in [4.78, 5) is 14.4. The first-order valence-electron chi connectivity index (χ1n) is 7.43. The zero-order chi connectivity index (χ0) is 15.2. The molecule has 1 atom stereocenters. The quantitative estimate of drug-likeness (QED) is 0.845. The third kappa shape index (κ3) is 3.85. The molecule has 1 aliphatic heterocycles. The van der Waals surface area contributed by atoms with E-state index in [1.807, 2.05) is 43.1 Å². The summed E-state index contributed by atoms with van der Waals surface area (Å²) >= 11 is 0. The number of benzene rings is 1. The van der Waals surface area contributed by atoms with Crippen molar-refractivity contribution in [3.05, 3.63) is 35.9 Å². The summed E-state index contributed by atoms with van der Waals surface area (Å²) in [5.74, 6) is 0.912. The molecule has 1 unspecified atom stereocenters. The van der Waals surface area contributed by atoms with Gasteiger partial charge in [-0.25, -0.2) is 0 Å². The van der Waals surface area contributed by atoms with Crippen LogP contribution in [0.5, 0.6) is 5.75 Å². The van der Waals surface area contributed by atoms with Gasteiger partial charge in [-0.2, -0.15) is 0 Å². The molecule has 1 N–H and O–H groups in total. The first-order chi connectivity index (χ1) is 10.2. The van der Waals surface area contributed by atoms with E-state index in [2.05, 4.69) is 5.32 Å². The van der Waals surface area contributed by atoms with Gasteiger partial charge in [-0.3, -0.25) is 4.79 Å². The third-order valence-electron chi connectivity index (χ3n) is 3.97. The Morgan fingerprint density at radius 3 is 3.05 bits per heavy atom. The van der Waals surface area contributed by atoms with E-state index in [1.54, 1.807) is 13.2 Å². The number of allylic oxidation sites excluding steroid dienone is 1. The minimum atomic E-state index is 0.105. The summed E-state index contributed by atoms with van der Waals surface area (Å²) in [6.45, 7) is 3.68. The second-order valence-electron chi connectivity index (χ2n) is 5.44. The highest BCUT2D eigenvalue weighted by molar-refractivity contribution is 5.95. The molecule has 1 amide bonds. The van der Waals surface area contributed by atoms with Gasteiger partial charge in [0.2, 0.25) is 5.91 Å². The molecule has 1 aromatic rings. The smallest absolute Gasteiger partial charge is 0.247 e. The van der Waals surface area contributed by atoms with Crippen LogP contribution in [0.15, 0.2) is 30.3 Å². The van der Waals surface area contributed by atoms with E-state index >= 15 is 0 Å². The molecule has 4 heteroatoms. The second-order valence-corrected chi connectivity index (χ2v) is 5.44. The van der Waals surface area contributed by atoms with Crippen molar-refractivity contribution in [1.82, 2.24) is 10.2 Å². The molecule has 1 aromatic carbocycles. The fraction of sp³-hybridized carbons (Fsp3) is 0.471. The number of ether oxygens (including phenoxy) is 1. The van der Waals surface area contributed by atoms with E-state index in [4.69, 9.17) is 4.74 Å². The molecule has 1 saturated heterocycles. The average molecular weight is 288 g/mol. The van der Waals surface area contributed by atoms with Gasteiger partial charge < -0.3 is 15.0 Å². The molecule has 0 aromatic heterocycles. The minimum Gasteiger partial charge on any atom is -0.497 e. The highest BCUT2D eigenvalue weighted by Crippen LogP contribution is 2.22. The maximum atomic E-state index is 12.5. The van der Waals surface area contributed by atoms with E-state index in [9.17, 15) is 4.79 Å². The highest BCUT2D eigenvalue weighted by Gasteiger charge is 2.26. The van der Waals surface area contributed by atoms with Crippen LogP contribution in [0.1, 0.15) is 25.3 Å². The van der Waals surface area contributed by atoms with Crippen LogP contribution in [0, 0.1) is 0 Å². The molecule has 0 spiro atoms. The number of hydrogen-bond acceptors (Lipinski definition) is 3. The molecule has 0 saturated carbocycles. The van der Waals surface area contributed by atoms with E-state index in [1.165, 1.54) is 0 Å². The molecule has 21 heavy (non-hydrogen) atoms. The Labute approximate surface area is 126 Å². The normalized spacial score (nSPS) is 18.9. The van der Waals surface area contributed by atoms with Crippen LogP contribution in [0.4, 0.5) is 0 Å². The number of carbonyl (C=O) groups excluding carboxylic acids is 1. The van der Waals surface area contributed by atoms with Gasteiger partial charge in [-0.15, -0.1) is 0 Å². The fourth-order valence-corrected chi connectivity index (χ4v) is 2.79. The van der Waals surface area contributed by atoms with Gasteiger partial charge in [0.25, 0.3) is 0 Å². The number of amides is 1. The average Bonchev–Trinajstić information content (AvgIpc) is 2.96. The van der Waals surface area contributed by atoms with Gasteiger partial charge in [0, 0.05) is 25.2 Å². The van der Waals surface area contributed by atoms with Crippen LogP contribution < -0.4 is 10.1 Å². The number of hydrogen-bond donors (Lipinski definition) is 1. The van der Waals surface area contributed by atoms with Gasteiger partial charge in [0.15, 0.2) is 0 Å². The summed E-state index contributed by atoms with van der Waals surface area (Å²) in [5.41, 5.74) is 1.99. The number of likely N-dealkylation sites (N-methyl/N-ethyl adjacent to an activating group) is 1. The van der Waals surface area contributed by atoms with Crippen molar-refractivity contribution in [2.75, 3.05) is 27.2 Å². The van der Waals surface area contributed by atoms with E-state index < -0.39 is 0 Å². The SMILES string of the molecule is CNCC1CCCN1C(=O)/C=C(/C)c1cccc(OC)c1. The van der Waals surface area contributed by atoms with Crippen LogP contribution in [-0.4, -0.2) is 44.1 Å². The first kappa shape index (κ1) is 15.6. The zero-order valence-corrected chi connectivity index (χ0v) is 13.1.